The van der Waals surface area contributed by atoms with Gasteiger partial charge in [0.15, 0.2) is 11.4 Å². The van der Waals surface area contributed by atoms with Crippen LogP contribution in [-0.2, 0) is 4.74 Å². The second kappa shape index (κ2) is 9.52. The van der Waals surface area contributed by atoms with Crippen molar-refractivity contribution in [1.29, 1.82) is 0 Å². The van der Waals surface area contributed by atoms with Crippen molar-refractivity contribution in [2.75, 3.05) is 6.61 Å². The molecule has 0 amide bonds. The maximum atomic E-state index is 14.6. The molecule has 0 radical (unpaired) electrons. The third-order valence-corrected chi connectivity index (χ3v) is 6.15. The van der Waals surface area contributed by atoms with E-state index >= 15 is 0 Å². The fraction of sp³-hybridized carbons (Fsp3) is 0.0741. The number of carbonyl (C=O) groups excluding carboxylic acids is 1. The quantitative estimate of drug-likeness (QED) is 0.265. The minimum absolute atomic E-state index is 0.112. The van der Waals surface area contributed by atoms with Gasteiger partial charge in [-0.2, -0.15) is 4.37 Å². The van der Waals surface area contributed by atoms with Crippen LogP contribution in [0.2, 0.25) is 0 Å². The van der Waals surface area contributed by atoms with Crippen molar-refractivity contribution in [3.63, 3.8) is 0 Å². The molecule has 35 heavy (non-hydrogen) atoms. The summed E-state index contributed by atoms with van der Waals surface area (Å²) in [6, 6.07) is 22.7. The van der Waals surface area contributed by atoms with E-state index in [1.807, 2.05) is 30.3 Å². The SMILES string of the molecule is CCOC(=O)c1nc(-c2ccc(Oc3ccccc3)cc2)c2snc(-c3ccccc3F)c2c1O. The van der Waals surface area contributed by atoms with Crippen LogP contribution >= 0.6 is 11.5 Å². The van der Waals surface area contributed by atoms with Crippen LogP contribution in [0.3, 0.4) is 0 Å². The van der Waals surface area contributed by atoms with Gasteiger partial charge < -0.3 is 14.6 Å². The number of carbonyl (C=O) groups is 1. The maximum absolute atomic E-state index is 14.6. The Hall–Kier alpha value is -4.30. The monoisotopic (exact) mass is 486 g/mol. The van der Waals surface area contributed by atoms with Gasteiger partial charge in [-0.05, 0) is 67.0 Å². The molecule has 5 rings (SSSR count). The molecule has 0 aliphatic rings. The number of rotatable bonds is 6. The van der Waals surface area contributed by atoms with E-state index in [0.29, 0.717) is 27.5 Å². The fourth-order valence-corrected chi connectivity index (χ4v) is 4.59. The summed E-state index contributed by atoms with van der Waals surface area (Å²) in [5.74, 6) is -0.331. The summed E-state index contributed by atoms with van der Waals surface area (Å²) >= 11 is 1.07. The Morgan fingerprint density at radius 1 is 0.943 bits per heavy atom. The number of halogens is 1. The molecule has 174 valence electrons. The minimum atomic E-state index is -0.775. The summed E-state index contributed by atoms with van der Waals surface area (Å²) in [5, 5.41) is 11.3. The molecule has 5 aromatic rings. The molecule has 0 atom stereocenters. The number of pyridine rings is 1. The zero-order valence-electron chi connectivity index (χ0n) is 18.6. The number of fused-ring (bicyclic) bond motifs is 1. The van der Waals surface area contributed by atoms with E-state index in [1.165, 1.54) is 6.07 Å². The number of ether oxygens (including phenoxy) is 2. The van der Waals surface area contributed by atoms with Gasteiger partial charge in [0.1, 0.15) is 17.3 Å². The normalized spacial score (nSPS) is 10.9. The zero-order chi connectivity index (χ0) is 24.4. The largest absolute Gasteiger partial charge is 0.505 e. The Labute approximate surface area is 204 Å². The highest BCUT2D eigenvalue weighted by Crippen LogP contribution is 2.43. The van der Waals surface area contributed by atoms with Crippen molar-refractivity contribution in [1.82, 2.24) is 9.36 Å². The molecular formula is C27H19FN2O4S. The van der Waals surface area contributed by atoms with E-state index in [2.05, 4.69) is 9.36 Å². The second-order valence-corrected chi connectivity index (χ2v) is 8.31. The topological polar surface area (TPSA) is 81.5 Å². The molecule has 0 fully saturated rings. The van der Waals surface area contributed by atoms with Crippen molar-refractivity contribution in [2.45, 2.75) is 6.92 Å². The average Bonchev–Trinajstić information content (AvgIpc) is 3.32. The first kappa shape index (κ1) is 22.5. The summed E-state index contributed by atoms with van der Waals surface area (Å²) in [4.78, 5) is 17.1. The Kier molecular flexibility index (Phi) is 6.12. The number of para-hydroxylation sites is 1. The first-order valence-corrected chi connectivity index (χ1v) is 11.6. The lowest BCUT2D eigenvalue weighted by atomic mass is 10.0. The van der Waals surface area contributed by atoms with E-state index in [0.717, 1.165) is 11.5 Å². The summed E-state index contributed by atoms with van der Waals surface area (Å²) in [6.45, 7) is 1.78. The van der Waals surface area contributed by atoms with Gasteiger partial charge in [-0.3, -0.25) is 0 Å². The van der Waals surface area contributed by atoms with E-state index in [4.69, 9.17) is 9.47 Å². The van der Waals surface area contributed by atoms with E-state index in [1.54, 1.807) is 49.4 Å². The molecule has 0 bridgehead atoms. The molecular weight excluding hydrogens is 467 g/mol. The van der Waals surface area contributed by atoms with Gasteiger partial charge in [0, 0.05) is 11.1 Å². The second-order valence-electron chi connectivity index (χ2n) is 7.53. The lowest BCUT2D eigenvalue weighted by molar-refractivity contribution is 0.0516. The molecule has 0 saturated carbocycles. The number of esters is 1. The molecule has 6 nitrogen and oxygen atoms in total. The predicted octanol–water partition coefficient (Wildman–Crippen LogP) is 6.84. The van der Waals surface area contributed by atoms with Gasteiger partial charge in [-0.1, -0.05) is 30.3 Å². The van der Waals surface area contributed by atoms with Crippen LogP contribution in [0.5, 0.6) is 17.2 Å². The van der Waals surface area contributed by atoms with Crippen molar-refractivity contribution >= 4 is 27.6 Å². The van der Waals surface area contributed by atoms with Gasteiger partial charge in [-0.15, -0.1) is 0 Å². The lowest BCUT2D eigenvalue weighted by Crippen LogP contribution is -2.08. The van der Waals surface area contributed by atoms with Gasteiger partial charge in [0.25, 0.3) is 0 Å². The molecule has 2 aromatic heterocycles. The van der Waals surface area contributed by atoms with Crippen molar-refractivity contribution in [2.24, 2.45) is 0 Å². The zero-order valence-corrected chi connectivity index (χ0v) is 19.4. The van der Waals surface area contributed by atoms with Gasteiger partial charge in [-0.25, -0.2) is 14.2 Å². The Bertz CT molecular complexity index is 1520. The van der Waals surface area contributed by atoms with Crippen LogP contribution in [0.25, 0.3) is 32.6 Å². The molecule has 3 aromatic carbocycles. The van der Waals surface area contributed by atoms with Gasteiger partial charge in [0.2, 0.25) is 0 Å². The average molecular weight is 487 g/mol. The number of benzene rings is 3. The van der Waals surface area contributed by atoms with Gasteiger partial charge in [0.05, 0.1) is 28.1 Å². The number of nitrogens with zero attached hydrogens (tertiary/aromatic N) is 2. The first-order valence-electron chi connectivity index (χ1n) is 10.8. The highest BCUT2D eigenvalue weighted by molar-refractivity contribution is 7.14. The highest BCUT2D eigenvalue weighted by Gasteiger charge is 2.26. The fourth-order valence-electron chi connectivity index (χ4n) is 3.69. The molecule has 1 N–H and O–H groups in total. The lowest BCUT2D eigenvalue weighted by Gasteiger charge is -2.11. The molecule has 2 heterocycles. The molecule has 8 heteroatoms. The molecule has 0 spiro atoms. The minimum Gasteiger partial charge on any atom is -0.505 e. The van der Waals surface area contributed by atoms with Gasteiger partial charge >= 0.3 is 5.97 Å². The van der Waals surface area contributed by atoms with Crippen LogP contribution in [-0.4, -0.2) is 27.0 Å². The maximum Gasteiger partial charge on any atom is 0.360 e. The van der Waals surface area contributed by atoms with E-state index < -0.39 is 17.5 Å². The van der Waals surface area contributed by atoms with Crippen molar-refractivity contribution < 1.29 is 23.8 Å². The van der Waals surface area contributed by atoms with Crippen LogP contribution in [0.15, 0.2) is 78.9 Å². The van der Waals surface area contributed by atoms with Crippen LogP contribution in [0.1, 0.15) is 17.4 Å². The molecule has 0 unspecified atom stereocenters. The molecule has 0 saturated heterocycles. The molecule has 0 aliphatic carbocycles. The standard InChI is InChI=1S/C27H19FN2O4S/c1-2-33-27(32)24-25(31)21-23(19-10-6-7-11-20(19)28)30-35-26(21)22(29-24)16-12-14-18(15-13-16)34-17-8-4-3-5-9-17/h3-15,31H,2H2,1H3. The Morgan fingerprint density at radius 2 is 1.63 bits per heavy atom. The predicted molar refractivity (Wildman–Crippen MR) is 132 cm³/mol. The van der Waals surface area contributed by atoms with Crippen LogP contribution < -0.4 is 4.74 Å². The van der Waals surface area contributed by atoms with Crippen molar-refractivity contribution in [3.8, 4) is 39.8 Å². The van der Waals surface area contributed by atoms with Crippen LogP contribution in [0.4, 0.5) is 4.39 Å². The Balaban J connectivity index is 1.65. The highest BCUT2D eigenvalue weighted by atomic mass is 32.1. The molecule has 0 aliphatic heterocycles. The van der Waals surface area contributed by atoms with Crippen LogP contribution in [0, 0.1) is 5.82 Å². The third kappa shape index (κ3) is 4.31. The summed E-state index contributed by atoms with van der Waals surface area (Å²) in [5.41, 5.74) is 1.29. The first-order chi connectivity index (χ1) is 17.1. The summed E-state index contributed by atoms with van der Waals surface area (Å²) in [7, 11) is 0. The van der Waals surface area contributed by atoms with E-state index in [-0.39, 0.29) is 28.9 Å². The van der Waals surface area contributed by atoms with Crippen molar-refractivity contribution in [3.05, 3.63) is 90.4 Å². The number of aromatic nitrogens is 2. The number of hydrogen-bond donors (Lipinski definition) is 1. The Morgan fingerprint density at radius 3 is 2.34 bits per heavy atom. The third-order valence-electron chi connectivity index (χ3n) is 5.30. The number of aromatic hydroxyl groups is 1. The summed E-state index contributed by atoms with van der Waals surface area (Å²) < 4.78 is 30.5. The smallest absolute Gasteiger partial charge is 0.360 e. The number of hydrogen-bond acceptors (Lipinski definition) is 7. The van der Waals surface area contributed by atoms with E-state index in [9.17, 15) is 14.3 Å². The summed E-state index contributed by atoms with van der Waals surface area (Å²) in [6.07, 6.45) is 0.